The molecule has 1 saturated heterocycles. The van der Waals surface area contributed by atoms with Gasteiger partial charge >= 0.3 is 0 Å². The molecule has 1 atom stereocenters. The molecular weight excluding hydrogens is 278 g/mol. The van der Waals surface area contributed by atoms with E-state index < -0.39 is 0 Å². The molecule has 1 aromatic carbocycles. The third kappa shape index (κ3) is 3.56. The molecule has 1 aromatic rings. The number of hydrogen-bond acceptors (Lipinski definition) is 3. The van der Waals surface area contributed by atoms with Crippen molar-refractivity contribution >= 4 is 24.0 Å². The maximum Gasteiger partial charge on any atom is 0.129 e. The summed E-state index contributed by atoms with van der Waals surface area (Å²) in [4.78, 5) is 2.09. The molecule has 0 bridgehead atoms. The number of piperazine rings is 1. The molecule has 1 heterocycles. The molecule has 102 valence electrons. The van der Waals surface area contributed by atoms with Crippen molar-refractivity contribution in [3.05, 3.63) is 34.6 Å². The van der Waals surface area contributed by atoms with Crippen LogP contribution in [0.3, 0.4) is 0 Å². The summed E-state index contributed by atoms with van der Waals surface area (Å²) >= 11 is 5.72. The number of rotatable bonds is 3. The molecule has 6 heteroatoms. The van der Waals surface area contributed by atoms with Gasteiger partial charge in [-0.2, -0.15) is 0 Å². The number of aliphatic hydroxyl groups is 1. The molecule has 2 rings (SSSR count). The minimum atomic E-state index is -0.352. The van der Waals surface area contributed by atoms with Gasteiger partial charge in [0.2, 0.25) is 0 Å². The molecule has 1 aliphatic heterocycles. The average Bonchev–Trinajstić information content (AvgIpc) is 2.34. The van der Waals surface area contributed by atoms with Crippen LogP contribution in [0.1, 0.15) is 11.6 Å². The Kier molecular flexibility index (Phi) is 6.32. The van der Waals surface area contributed by atoms with Crippen LogP contribution >= 0.6 is 24.0 Å². The molecule has 2 N–H and O–H groups in total. The summed E-state index contributed by atoms with van der Waals surface area (Å²) in [5, 5.41) is 13.1. The molecule has 0 aromatic heterocycles. The molecule has 3 nitrogen and oxygen atoms in total. The van der Waals surface area contributed by atoms with Crippen molar-refractivity contribution in [1.82, 2.24) is 10.2 Å². The van der Waals surface area contributed by atoms with Crippen LogP contribution in [-0.2, 0) is 0 Å². The average molecular weight is 295 g/mol. The van der Waals surface area contributed by atoms with Gasteiger partial charge in [0.15, 0.2) is 0 Å². The normalized spacial score (nSPS) is 18.2. The Morgan fingerprint density at radius 2 is 2.06 bits per heavy atom. The first-order valence-corrected chi connectivity index (χ1v) is 6.10. The highest BCUT2D eigenvalue weighted by molar-refractivity contribution is 6.30. The first-order chi connectivity index (χ1) is 8.22. The fourth-order valence-corrected chi connectivity index (χ4v) is 2.33. The third-order valence-corrected chi connectivity index (χ3v) is 3.32. The summed E-state index contributed by atoms with van der Waals surface area (Å²) in [6.07, 6.45) is 0. The third-order valence-electron chi connectivity index (χ3n) is 3.09. The molecular formula is C12H17Cl2FN2O. The molecule has 0 aliphatic carbocycles. The second-order valence-corrected chi connectivity index (χ2v) is 4.59. The Bertz CT molecular complexity index is 386. The number of aliphatic hydroxyl groups excluding tert-OH is 1. The van der Waals surface area contributed by atoms with Gasteiger partial charge in [-0.3, -0.25) is 4.90 Å². The smallest absolute Gasteiger partial charge is 0.129 e. The predicted molar refractivity (Wildman–Crippen MR) is 72.9 cm³/mol. The topological polar surface area (TPSA) is 35.5 Å². The number of hydrogen-bond donors (Lipinski definition) is 2. The quantitative estimate of drug-likeness (QED) is 0.893. The van der Waals surface area contributed by atoms with Crippen LogP contribution in [0.25, 0.3) is 0 Å². The lowest BCUT2D eigenvalue weighted by Gasteiger charge is -2.34. The van der Waals surface area contributed by atoms with Gasteiger partial charge in [0, 0.05) is 36.8 Å². The summed E-state index contributed by atoms with van der Waals surface area (Å²) in [7, 11) is 0. The van der Waals surface area contributed by atoms with E-state index in [1.807, 2.05) is 0 Å². The van der Waals surface area contributed by atoms with Gasteiger partial charge < -0.3 is 10.4 Å². The summed E-state index contributed by atoms with van der Waals surface area (Å²) in [5.41, 5.74) is 0.513. The van der Waals surface area contributed by atoms with Gasteiger partial charge in [0.1, 0.15) is 5.82 Å². The highest BCUT2D eigenvalue weighted by Crippen LogP contribution is 2.25. The lowest BCUT2D eigenvalue weighted by molar-refractivity contribution is 0.108. The Hall–Kier alpha value is -0.390. The van der Waals surface area contributed by atoms with Crippen molar-refractivity contribution in [1.29, 1.82) is 0 Å². The SMILES string of the molecule is Cl.OC[C@H](c1ccc(Cl)cc1F)N1CCNCC1. The number of halogens is 3. The molecule has 0 spiro atoms. The maximum atomic E-state index is 13.8. The van der Waals surface area contributed by atoms with Crippen LogP contribution in [0.15, 0.2) is 18.2 Å². The Morgan fingerprint density at radius 3 is 2.61 bits per heavy atom. The first-order valence-electron chi connectivity index (χ1n) is 5.73. The van der Waals surface area contributed by atoms with E-state index in [4.69, 9.17) is 11.6 Å². The molecule has 1 aliphatic rings. The minimum Gasteiger partial charge on any atom is -0.394 e. The van der Waals surface area contributed by atoms with E-state index in [0.717, 1.165) is 26.2 Å². The van der Waals surface area contributed by atoms with Crippen LogP contribution in [0.5, 0.6) is 0 Å². The van der Waals surface area contributed by atoms with Gasteiger partial charge in [0.05, 0.1) is 12.6 Å². The minimum absolute atomic E-state index is 0. The van der Waals surface area contributed by atoms with Crippen molar-refractivity contribution in [2.24, 2.45) is 0 Å². The fourth-order valence-electron chi connectivity index (χ4n) is 2.18. The zero-order chi connectivity index (χ0) is 12.3. The van der Waals surface area contributed by atoms with Crippen molar-refractivity contribution in [2.45, 2.75) is 6.04 Å². The van der Waals surface area contributed by atoms with Crippen LogP contribution in [0.4, 0.5) is 4.39 Å². The van der Waals surface area contributed by atoms with Crippen LogP contribution in [0, 0.1) is 5.82 Å². The molecule has 0 radical (unpaired) electrons. The molecule has 0 amide bonds. The van der Waals surface area contributed by atoms with E-state index in [2.05, 4.69) is 10.2 Å². The molecule has 0 unspecified atom stereocenters. The summed E-state index contributed by atoms with van der Waals surface area (Å²) in [6, 6.07) is 4.32. The molecule has 0 saturated carbocycles. The van der Waals surface area contributed by atoms with E-state index in [0.29, 0.717) is 10.6 Å². The van der Waals surface area contributed by atoms with Gasteiger partial charge in [-0.1, -0.05) is 17.7 Å². The van der Waals surface area contributed by atoms with E-state index >= 15 is 0 Å². The Morgan fingerprint density at radius 1 is 1.39 bits per heavy atom. The molecule has 18 heavy (non-hydrogen) atoms. The Balaban J connectivity index is 0.00000162. The number of nitrogens with one attached hydrogen (secondary N) is 1. The van der Waals surface area contributed by atoms with Crippen molar-refractivity contribution in [2.75, 3.05) is 32.8 Å². The summed E-state index contributed by atoms with van der Waals surface area (Å²) in [5.74, 6) is -0.352. The highest BCUT2D eigenvalue weighted by Gasteiger charge is 2.23. The Labute approximate surface area is 117 Å². The van der Waals surface area contributed by atoms with Crippen molar-refractivity contribution < 1.29 is 9.50 Å². The number of benzene rings is 1. The number of nitrogens with zero attached hydrogens (tertiary/aromatic N) is 1. The maximum absolute atomic E-state index is 13.8. The first kappa shape index (κ1) is 15.7. The van der Waals surface area contributed by atoms with Gasteiger partial charge in [0.25, 0.3) is 0 Å². The van der Waals surface area contributed by atoms with Crippen molar-refractivity contribution in [3.63, 3.8) is 0 Å². The largest absolute Gasteiger partial charge is 0.394 e. The zero-order valence-electron chi connectivity index (χ0n) is 9.90. The summed E-state index contributed by atoms with van der Waals surface area (Å²) in [6.45, 7) is 3.27. The van der Waals surface area contributed by atoms with E-state index in [1.165, 1.54) is 6.07 Å². The van der Waals surface area contributed by atoms with Gasteiger partial charge in [-0.05, 0) is 12.1 Å². The molecule has 1 fully saturated rings. The predicted octanol–water partition coefficient (Wildman–Crippen LogP) is 1.84. The monoisotopic (exact) mass is 294 g/mol. The van der Waals surface area contributed by atoms with Gasteiger partial charge in [-0.15, -0.1) is 12.4 Å². The summed E-state index contributed by atoms with van der Waals surface area (Å²) < 4.78 is 13.8. The lowest BCUT2D eigenvalue weighted by atomic mass is 10.0. The van der Waals surface area contributed by atoms with Crippen LogP contribution in [-0.4, -0.2) is 42.8 Å². The van der Waals surface area contributed by atoms with Crippen molar-refractivity contribution in [3.8, 4) is 0 Å². The second kappa shape index (κ2) is 7.26. The second-order valence-electron chi connectivity index (χ2n) is 4.15. The lowest BCUT2D eigenvalue weighted by Crippen LogP contribution is -2.46. The van der Waals surface area contributed by atoms with E-state index in [1.54, 1.807) is 12.1 Å². The highest BCUT2D eigenvalue weighted by atomic mass is 35.5. The van der Waals surface area contributed by atoms with E-state index in [9.17, 15) is 9.50 Å². The van der Waals surface area contributed by atoms with Gasteiger partial charge in [-0.25, -0.2) is 4.39 Å². The van der Waals surface area contributed by atoms with E-state index in [-0.39, 0.29) is 30.9 Å². The zero-order valence-corrected chi connectivity index (χ0v) is 11.5. The fraction of sp³-hybridized carbons (Fsp3) is 0.500. The van der Waals surface area contributed by atoms with Crippen LogP contribution < -0.4 is 5.32 Å². The standard InChI is InChI=1S/C12H16ClFN2O.ClH/c13-9-1-2-10(11(14)7-9)12(8-17)16-5-3-15-4-6-16;/h1-2,7,12,15,17H,3-6,8H2;1H/t12-;/m1./s1. The van der Waals surface area contributed by atoms with Crippen LogP contribution in [0.2, 0.25) is 5.02 Å².